The molecule has 0 aliphatic heterocycles. The first-order valence-electron chi connectivity index (χ1n) is 7.98. The van der Waals surface area contributed by atoms with Gasteiger partial charge in [0.25, 0.3) is 0 Å². The molecule has 1 fully saturated rings. The molecule has 1 saturated carbocycles. The van der Waals surface area contributed by atoms with Crippen molar-refractivity contribution < 1.29 is 4.79 Å². The summed E-state index contributed by atoms with van der Waals surface area (Å²) in [6, 6.07) is 2.67. The lowest BCUT2D eigenvalue weighted by Gasteiger charge is -2.38. The van der Waals surface area contributed by atoms with Gasteiger partial charge in [-0.3, -0.25) is 9.69 Å². The van der Waals surface area contributed by atoms with E-state index in [0.717, 1.165) is 31.7 Å². The fraction of sp³-hybridized carbons (Fsp3) is 0.875. The van der Waals surface area contributed by atoms with Crippen LogP contribution in [0.1, 0.15) is 52.4 Å². The summed E-state index contributed by atoms with van der Waals surface area (Å²) < 4.78 is 0. The second kappa shape index (κ2) is 8.97. The number of likely N-dealkylation sites (N-methyl/N-ethyl adjacent to an activating group) is 1. The van der Waals surface area contributed by atoms with Gasteiger partial charge in [-0.1, -0.05) is 26.7 Å². The molecule has 4 heteroatoms. The van der Waals surface area contributed by atoms with Crippen LogP contribution in [0.2, 0.25) is 0 Å². The smallest absolute Gasteiger partial charge is 0.234 e. The molecule has 3 atom stereocenters. The molecule has 0 saturated heterocycles. The Kier molecular flexibility index (Phi) is 7.61. The highest BCUT2D eigenvalue weighted by Gasteiger charge is 2.33. The van der Waals surface area contributed by atoms with E-state index in [1.54, 1.807) is 0 Å². The summed E-state index contributed by atoms with van der Waals surface area (Å²) in [6.45, 7) is 5.40. The van der Waals surface area contributed by atoms with Crippen molar-refractivity contribution in [1.29, 1.82) is 5.26 Å². The maximum absolute atomic E-state index is 11.8. The molecule has 1 amide bonds. The lowest BCUT2D eigenvalue weighted by molar-refractivity contribution is -0.122. The van der Waals surface area contributed by atoms with E-state index in [-0.39, 0.29) is 17.9 Å². The molecule has 0 aromatic carbocycles. The third-order valence-electron chi connectivity index (χ3n) is 4.32. The number of carbonyl (C=O) groups is 1. The van der Waals surface area contributed by atoms with Crippen LogP contribution in [-0.4, -0.2) is 37.0 Å². The van der Waals surface area contributed by atoms with Gasteiger partial charge in [0, 0.05) is 12.6 Å². The molecule has 3 unspecified atom stereocenters. The highest BCUT2D eigenvalue weighted by atomic mass is 16.2. The van der Waals surface area contributed by atoms with Gasteiger partial charge in [-0.15, -0.1) is 0 Å². The summed E-state index contributed by atoms with van der Waals surface area (Å²) in [5.41, 5.74) is 0. The Morgan fingerprint density at radius 1 is 1.35 bits per heavy atom. The first kappa shape index (κ1) is 17.0. The second-order valence-corrected chi connectivity index (χ2v) is 6.04. The van der Waals surface area contributed by atoms with Gasteiger partial charge in [-0.2, -0.15) is 5.26 Å². The topological polar surface area (TPSA) is 56.1 Å². The molecule has 1 rings (SSSR count). The van der Waals surface area contributed by atoms with Crippen molar-refractivity contribution in [2.45, 2.75) is 58.4 Å². The van der Waals surface area contributed by atoms with Gasteiger partial charge < -0.3 is 5.32 Å². The lowest BCUT2D eigenvalue weighted by Crippen LogP contribution is -2.46. The van der Waals surface area contributed by atoms with Crippen LogP contribution >= 0.6 is 0 Å². The summed E-state index contributed by atoms with van der Waals surface area (Å²) in [7, 11) is 1.98. The van der Waals surface area contributed by atoms with Crippen molar-refractivity contribution in [3.05, 3.63) is 0 Å². The maximum Gasteiger partial charge on any atom is 0.234 e. The van der Waals surface area contributed by atoms with Gasteiger partial charge in [0.2, 0.25) is 5.91 Å². The van der Waals surface area contributed by atoms with E-state index in [9.17, 15) is 10.1 Å². The van der Waals surface area contributed by atoms with Crippen molar-refractivity contribution in [2.75, 3.05) is 20.1 Å². The van der Waals surface area contributed by atoms with Crippen LogP contribution in [0.25, 0.3) is 0 Å². The molecule has 4 nitrogen and oxygen atoms in total. The molecule has 1 aliphatic rings. The Morgan fingerprint density at radius 3 is 2.70 bits per heavy atom. The molecule has 20 heavy (non-hydrogen) atoms. The number of nitrogens with one attached hydrogen (secondary N) is 1. The Balaban J connectivity index is 2.54. The van der Waals surface area contributed by atoms with E-state index in [0.29, 0.717) is 6.54 Å². The number of hydrogen-bond acceptors (Lipinski definition) is 3. The van der Waals surface area contributed by atoms with E-state index in [4.69, 9.17) is 0 Å². The molecule has 1 N–H and O–H groups in total. The molecule has 0 heterocycles. The Hall–Kier alpha value is -1.08. The number of amides is 1. The van der Waals surface area contributed by atoms with Crippen molar-refractivity contribution >= 4 is 5.91 Å². The van der Waals surface area contributed by atoms with E-state index in [2.05, 4.69) is 23.2 Å². The minimum atomic E-state index is 0.0728. The second-order valence-electron chi connectivity index (χ2n) is 6.04. The third kappa shape index (κ3) is 5.13. The minimum Gasteiger partial charge on any atom is -0.355 e. The van der Waals surface area contributed by atoms with Crippen molar-refractivity contribution in [3.8, 4) is 6.07 Å². The van der Waals surface area contributed by atoms with Crippen LogP contribution in [0.15, 0.2) is 0 Å². The summed E-state index contributed by atoms with van der Waals surface area (Å²) in [4.78, 5) is 13.9. The molecule has 0 aromatic rings. The molecule has 0 bridgehead atoms. The average molecular weight is 279 g/mol. The molecule has 1 aliphatic carbocycles. The fourth-order valence-electron chi connectivity index (χ4n) is 3.20. The molecule has 0 aromatic heterocycles. The average Bonchev–Trinajstić information content (AvgIpc) is 2.45. The molecule has 0 spiro atoms. The summed E-state index contributed by atoms with van der Waals surface area (Å²) in [5, 5.41) is 12.2. The third-order valence-corrected chi connectivity index (χ3v) is 4.32. The zero-order valence-corrected chi connectivity index (χ0v) is 13.2. The van der Waals surface area contributed by atoms with Crippen molar-refractivity contribution in [2.24, 2.45) is 11.8 Å². The monoisotopic (exact) mass is 279 g/mol. The van der Waals surface area contributed by atoms with E-state index < -0.39 is 0 Å². The predicted octanol–water partition coefficient (Wildman–Crippen LogP) is 2.55. The number of carbonyl (C=O) groups excluding carboxylic acids is 1. The quantitative estimate of drug-likeness (QED) is 0.779. The van der Waals surface area contributed by atoms with Crippen LogP contribution < -0.4 is 5.32 Å². The fourth-order valence-corrected chi connectivity index (χ4v) is 3.20. The summed E-state index contributed by atoms with van der Waals surface area (Å²) in [6.07, 6.45) is 6.60. The van der Waals surface area contributed by atoms with Gasteiger partial charge in [-0.25, -0.2) is 0 Å². The Bertz CT molecular complexity index is 337. The largest absolute Gasteiger partial charge is 0.355 e. The van der Waals surface area contributed by atoms with Gasteiger partial charge >= 0.3 is 0 Å². The zero-order valence-electron chi connectivity index (χ0n) is 13.2. The SMILES string of the molecule is CCCNC(=O)CN(C)C1CC(CCC)CCC1C#N. The van der Waals surface area contributed by atoms with Gasteiger partial charge in [-0.05, 0) is 38.6 Å². The number of rotatable bonds is 7. The normalized spacial score (nSPS) is 26.2. The number of nitriles is 1. The van der Waals surface area contributed by atoms with Gasteiger partial charge in [0.15, 0.2) is 0 Å². The first-order chi connectivity index (χ1) is 9.62. The van der Waals surface area contributed by atoms with Crippen LogP contribution in [0.3, 0.4) is 0 Å². The molecular formula is C16H29N3O. The van der Waals surface area contributed by atoms with Crippen LogP contribution in [0.4, 0.5) is 0 Å². The van der Waals surface area contributed by atoms with E-state index in [1.165, 1.54) is 19.3 Å². The van der Waals surface area contributed by atoms with Gasteiger partial charge in [0.05, 0.1) is 18.5 Å². The highest BCUT2D eigenvalue weighted by molar-refractivity contribution is 5.77. The molecule has 0 radical (unpaired) electrons. The highest BCUT2D eigenvalue weighted by Crippen LogP contribution is 2.33. The van der Waals surface area contributed by atoms with E-state index in [1.807, 2.05) is 14.0 Å². The van der Waals surface area contributed by atoms with Crippen molar-refractivity contribution in [3.63, 3.8) is 0 Å². The number of nitrogens with zero attached hydrogens (tertiary/aromatic N) is 2. The zero-order chi connectivity index (χ0) is 15.0. The van der Waals surface area contributed by atoms with Crippen LogP contribution in [-0.2, 0) is 4.79 Å². The van der Waals surface area contributed by atoms with Crippen LogP contribution in [0, 0.1) is 23.2 Å². The summed E-state index contributed by atoms with van der Waals surface area (Å²) in [5.74, 6) is 0.867. The van der Waals surface area contributed by atoms with Crippen molar-refractivity contribution in [1.82, 2.24) is 10.2 Å². The Morgan fingerprint density at radius 2 is 2.10 bits per heavy atom. The minimum absolute atomic E-state index is 0.0728. The standard InChI is InChI=1S/C16H29N3O/c1-4-6-13-7-8-14(11-17)15(10-13)19(3)12-16(20)18-9-5-2/h13-15H,4-10,12H2,1-3H3,(H,18,20). The van der Waals surface area contributed by atoms with Crippen LogP contribution in [0.5, 0.6) is 0 Å². The Labute approximate surface area is 123 Å². The van der Waals surface area contributed by atoms with Gasteiger partial charge in [0.1, 0.15) is 0 Å². The van der Waals surface area contributed by atoms with E-state index >= 15 is 0 Å². The molecule has 114 valence electrons. The maximum atomic E-state index is 11.8. The number of hydrogen-bond donors (Lipinski definition) is 1. The first-order valence-corrected chi connectivity index (χ1v) is 7.98. The molecular weight excluding hydrogens is 250 g/mol. The lowest BCUT2D eigenvalue weighted by atomic mass is 9.76. The summed E-state index contributed by atoms with van der Waals surface area (Å²) >= 11 is 0. The predicted molar refractivity (Wildman–Crippen MR) is 81.1 cm³/mol.